The molecule has 3 aromatic heterocycles. The van der Waals surface area contributed by atoms with Crippen molar-refractivity contribution in [1.29, 1.82) is 0 Å². The fraction of sp³-hybridized carbons (Fsp3) is 0.391. The van der Waals surface area contributed by atoms with Gasteiger partial charge in [0.05, 0.1) is 23.7 Å². The Hall–Kier alpha value is -3.22. The van der Waals surface area contributed by atoms with Crippen LogP contribution in [0.1, 0.15) is 39.2 Å². The molecule has 0 amide bonds. The monoisotopic (exact) mass is 403 g/mol. The summed E-state index contributed by atoms with van der Waals surface area (Å²) in [6, 6.07) is 9.79. The minimum Gasteiger partial charge on any atom is -0.497 e. The fourth-order valence-electron chi connectivity index (χ4n) is 4.78. The molecule has 1 aliphatic rings. The predicted molar refractivity (Wildman–Crippen MR) is 116 cm³/mol. The van der Waals surface area contributed by atoms with Gasteiger partial charge in [-0.15, -0.1) is 0 Å². The molecular weight excluding hydrogens is 378 g/mol. The van der Waals surface area contributed by atoms with Gasteiger partial charge >= 0.3 is 0 Å². The first-order valence-electron chi connectivity index (χ1n) is 10.5. The number of methoxy groups -OCH3 is 1. The molecule has 0 saturated heterocycles. The van der Waals surface area contributed by atoms with Gasteiger partial charge in [-0.3, -0.25) is 4.79 Å². The molecule has 3 unspecified atom stereocenters. The van der Waals surface area contributed by atoms with Crippen LogP contribution in [0.25, 0.3) is 27.9 Å². The summed E-state index contributed by atoms with van der Waals surface area (Å²) in [4.78, 5) is 22.7. The van der Waals surface area contributed by atoms with Gasteiger partial charge in [-0.1, -0.05) is 38.8 Å². The number of benzene rings is 1. The minimum absolute atomic E-state index is 0.0267. The SMILES string of the molecule is COc1cccc(-c2c3c(=O)n(C4CCCC(C)C4C)ccc3nc3ncnn23)c1. The van der Waals surface area contributed by atoms with Crippen LogP contribution < -0.4 is 10.3 Å². The maximum Gasteiger partial charge on any atom is 0.262 e. The number of pyridine rings is 1. The van der Waals surface area contributed by atoms with Gasteiger partial charge in [0.2, 0.25) is 0 Å². The number of ether oxygens (including phenoxy) is 1. The summed E-state index contributed by atoms with van der Waals surface area (Å²) in [6.07, 6.45) is 6.75. The number of rotatable bonds is 3. The highest BCUT2D eigenvalue weighted by Gasteiger charge is 2.30. The van der Waals surface area contributed by atoms with Crippen molar-refractivity contribution in [1.82, 2.24) is 24.1 Å². The highest BCUT2D eigenvalue weighted by Crippen LogP contribution is 2.37. The molecule has 0 radical (unpaired) electrons. The van der Waals surface area contributed by atoms with E-state index in [0.717, 1.165) is 24.2 Å². The van der Waals surface area contributed by atoms with Crippen LogP contribution in [0.2, 0.25) is 0 Å². The van der Waals surface area contributed by atoms with E-state index in [1.54, 1.807) is 11.6 Å². The maximum absolute atomic E-state index is 13.8. The first kappa shape index (κ1) is 18.8. The lowest BCUT2D eigenvalue weighted by Crippen LogP contribution is -2.33. The first-order valence-corrected chi connectivity index (χ1v) is 10.5. The summed E-state index contributed by atoms with van der Waals surface area (Å²) in [5, 5.41) is 4.93. The average Bonchev–Trinajstić information content (AvgIpc) is 3.23. The first-order chi connectivity index (χ1) is 14.6. The second-order valence-corrected chi connectivity index (χ2v) is 8.29. The van der Waals surface area contributed by atoms with Crippen molar-refractivity contribution in [3.05, 3.63) is 53.2 Å². The number of aromatic nitrogens is 5. The Balaban J connectivity index is 1.82. The van der Waals surface area contributed by atoms with Gasteiger partial charge in [-0.2, -0.15) is 14.6 Å². The molecule has 3 atom stereocenters. The van der Waals surface area contributed by atoms with Gasteiger partial charge in [-0.05, 0) is 36.5 Å². The van der Waals surface area contributed by atoms with Gasteiger partial charge in [-0.25, -0.2) is 4.98 Å². The Morgan fingerprint density at radius 2 is 2.03 bits per heavy atom. The van der Waals surface area contributed by atoms with Gasteiger partial charge in [0, 0.05) is 17.8 Å². The Kier molecular flexibility index (Phi) is 4.53. The predicted octanol–water partition coefficient (Wildman–Crippen LogP) is 4.11. The third kappa shape index (κ3) is 2.88. The molecule has 154 valence electrons. The van der Waals surface area contributed by atoms with Crippen LogP contribution >= 0.6 is 0 Å². The van der Waals surface area contributed by atoms with E-state index < -0.39 is 0 Å². The minimum atomic E-state index is -0.0267. The quantitative estimate of drug-likeness (QED) is 0.515. The number of nitrogens with zero attached hydrogens (tertiary/aromatic N) is 5. The van der Waals surface area contributed by atoms with E-state index in [1.807, 2.05) is 41.1 Å². The number of hydrogen-bond acceptors (Lipinski definition) is 5. The molecule has 0 N–H and O–H groups in total. The number of fused-ring (bicyclic) bond motifs is 2. The van der Waals surface area contributed by atoms with E-state index in [-0.39, 0.29) is 11.6 Å². The molecule has 1 aromatic carbocycles. The lowest BCUT2D eigenvalue weighted by molar-refractivity contribution is 0.183. The Morgan fingerprint density at radius 1 is 1.17 bits per heavy atom. The molecule has 1 aliphatic carbocycles. The van der Waals surface area contributed by atoms with E-state index in [2.05, 4.69) is 28.9 Å². The standard InChI is InChI=1S/C23H25N5O2/c1-14-6-4-9-19(15(14)2)27-11-10-18-20(22(27)29)21(28-23(26-18)24-13-25-28)16-7-5-8-17(12-16)30-3/h5,7-8,10-15,19H,4,6,9H2,1-3H3. The topological polar surface area (TPSA) is 74.3 Å². The van der Waals surface area contributed by atoms with Crippen molar-refractivity contribution in [2.24, 2.45) is 11.8 Å². The summed E-state index contributed by atoms with van der Waals surface area (Å²) in [7, 11) is 1.63. The van der Waals surface area contributed by atoms with Crippen LogP contribution in [0, 0.1) is 11.8 Å². The van der Waals surface area contributed by atoms with Crippen molar-refractivity contribution in [2.45, 2.75) is 39.2 Å². The lowest BCUT2D eigenvalue weighted by atomic mass is 9.78. The van der Waals surface area contributed by atoms with Crippen LogP contribution in [0.3, 0.4) is 0 Å². The third-order valence-electron chi connectivity index (χ3n) is 6.66. The van der Waals surface area contributed by atoms with Crippen LogP contribution in [0.4, 0.5) is 0 Å². The van der Waals surface area contributed by atoms with Gasteiger partial charge < -0.3 is 9.30 Å². The van der Waals surface area contributed by atoms with E-state index in [4.69, 9.17) is 4.74 Å². The molecule has 3 heterocycles. The summed E-state index contributed by atoms with van der Waals surface area (Å²) in [5.41, 5.74) is 2.15. The summed E-state index contributed by atoms with van der Waals surface area (Å²) in [6.45, 7) is 4.54. The molecule has 30 heavy (non-hydrogen) atoms. The molecule has 7 nitrogen and oxygen atoms in total. The second kappa shape index (κ2) is 7.23. The molecule has 1 fully saturated rings. The molecule has 0 spiro atoms. The average molecular weight is 403 g/mol. The summed E-state index contributed by atoms with van der Waals surface area (Å²) in [5.74, 6) is 2.23. The zero-order chi connectivity index (χ0) is 20.8. The van der Waals surface area contributed by atoms with Crippen molar-refractivity contribution in [2.75, 3.05) is 7.11 Å². The van der Waals surface area contributed by atoms with Crippen molar-refractivity contribution >= 4 is 16.7 Å². The lowest BCUT2D eigenvalue weighted by Gasteiger charge is -2.35. The maximum atomic E-state index is 13.8. The zero-order valence-electron chi connectivity index (χ0n) is 17.4. The molecule has 0 aliphatic heterocycles. The van der Waals surface area contributed by atoms with Crippen LogP contribution in [-0.2, 0) is 0 Å². The summed E-state index contributed by atoms with van der Waals surface area (Å²) < 4.78 is 8.97. The van der Waals surface area contributed by atoms with Crippen LogP contribution in [0.15, 0.2) is 47.7 Å². The van der Waals surface area contributed by atoms with E-state index in [0.29, 0.717) is 34.2 Å². The summed E-state index contributed by atoms with van der Waals surface area (Å²) >= 11 is 0. The van der Waals surface area contributed by atoms with E-state index in [9.17, 15) is 4.79 Å². The normalized spacial score (nSPS) is 21.9. The second-order valence-electron chi connectivity index (χ2n) is 8.29. The van der Waals surface area contributed by atoms with Crippen molar-refractivity contribution in [3.63, 3.8) is 0 Å². The zero-order valence-corrected chi connectivity index (χ0v) is 17.4. The highest BCUT2D eigenvalue weighted by molar-refractivity contribution is 5.93. The van der Waals surface area contributed by atoms with Crippen molar-refractivity contribution in [3.8, 4) is 17.0 Å². The van der Waals surface area contributed by atoms with Gasteiger partial charge in [0.1, 0.15) is 12.1 Å². The largest absolute Gasteiger partial charge is 0.497 e. The highest BCUT2D eigenvalue weighted by atomic mass is 16.5. The Bertz CT molecular complexity index is 1290. The fourth-order valence-corrected chi connectivity index (χ4v) is 4.78. The van der Waals surface area contributed by atoms with Crippen LogP contribution in [0.5, 0.6) is 5.75 Å². The molecule has 4 aromatic rings. The molecular formula is C23H25N5O2. The van der Waals surface area contributed by atoms with Crippen LogP contribution in [-0.4, -0.2) is 31.3 Å². The third-order valence-corrected chi connectivity index (χ3v) is 6.66. The van der Waals surface area contributed by atoms with E-state index >= 15 is 0 Å². The van der Waals surface area contributed by atoms with E-state index in [1.165, 1.54) is 12.7 Å². The Labute approximate surface area is 174 Å². The smallest absolute Gasteiger partial charge is 0.262 e. The molecule has 5 rings (SSSR count). The molecule has 1 saturated carbocycles. The molecule has 7 heteroatoms. The van der Waals surface area contributed by atoms with Gasteiger partial charge in [0.15, 0.2) is 0 Å². The molecule has 0 bridgehead atoms. The van der Waals surface area contributed by atoms with Gasteiger partial charge in [0.25, 0.3) is 11.3 Å². The Morgan fingerprint density at radius 3 is 2.87 bits per heavy atom. The van der Waals surface area contributed by atoms with Crippen molar-refractivity contribution < 1.29 is 4.74 Å². The number of hydrogen-bond donors (Lipinski definition) is 0.